The van der Waals surface area contributed by atoms with E-state index in [2.05, 4.69) is 67.7 Å². The lowest BCUT2D eigenvalue weighted by Crippen LogP contribution is -2.44. The van der Waals surface area contributed by atoms with Crippen molar-refractivity contribution in [3.05, 3.63) is 77.4 Å². The van der Waals surface area contributed by atoms with Gasteiger partial charge in [-0.05, 0) is 105 Å². The molecule has 0 spiro atoms. The molecule has 0 aliphatic rings. The van der Waals surface area contributed by atoms with Crippen molar-refractivity contribution >= 4 is 32.7 Å². The highest BCUT2D eigenvalue weighted by Crippen LogP contribution is 2.45. The van der Waals surface area contributed by atoms with Crippen LogP contribution in [0, 0.1) is 6.92 Å². The summed E-state index contributed by atoms with van der Waals surface area (Å²) in [6, 6.07) is 15.8. The van der Waals surface area contributed by atoms with Gasteiger partial charge in [-0.2, -0.15) is 8.42 Å². The summed E-state index contributed by atoms with van der Waals surface area (Å²) < 4.78 is 57.4. The monoisotopic (exact) mass is 740 g/mol. The van der Waals surface area contributed by atoms with E-state index in [-0.39, 0.29) is 39.5 Å². The molecule has 8 nitrogen and oxygen atoms in total. The minimum atomic E-state index is -4.19. The maximum atomic E-state index is 13.4. The summed E-state index contributed by atoms with van der Waals surface area (Å²) in [5, 5.41) is -0.0929. The molecule has 0 fully saturated rings. The van der Waals surface area contributed by atoms with Gasteiger partial charge in [-0.15, -0.1) is 0 Å². The molecule has 0 amide bonds. The number of methoxy groups -OCH3 is 1. The molecule has 3 aromatic rings. The molecule has 0 unspecified atom stereocenters. The fraction of sp³-hybridized carbons (Fsp3) is 0.462. The second-order valence-corrected chi connectivity index (χ2v) is 26.7. The minimum absolute atomic E-state index is 0.0248. The summed E-state index contributed by atoms with van der Waals surface area (Å²) in [6.07, 6.45) is 1.97. The van der Waals surface area contributed by atoms with Crippen LogP contribution < -0.4 is 17.8 Å². The number of ether oxygens (including phenoxy) is 2. The summed E-state index contributed by atoms with van der Waals surface area (Å²) in [5.74, 6) is 1.20. The van der Waals surface area contributed by atoms with Gasteiger partial charge in [0.05, 0.1) is 13.7 Å². The predicted molar refractivity (Wildman–Crippen MR) is 207 cm³/mol. The number of benzene rings is 3. The average molecular weight is 741 g/mol. The van der Waals surface area contributed by atoms with E-state index >= 15 is 0 Å². The SMILES string of the molecule is CCOC(=O)/C(C)=C/Cc1c(-c2cc(O[Si](C)(C)C(C)(C)C)cc(O[Si](C)(C)C(C)(C)C)c2)ccc(OS(=O)(=O)c2ccc(C)cc2)c1OC. The lowest BCUT2D eigenvalue weighted by Gasteiger charge is -2.38. The molecule has 0 atom stereocenters. The number of hydrogen-bond acceptors (Lipinski definition) is 8. The molecule has 0 bridgehead atoms. The first kappa shape index (κ1) is 40.9. The Labute approximate surface area is 302 Å². The lowest BCUT2D eigenvalue weighted by molar-refractivity contribution is -0.138. The number of esters is 1. The Morgan fingerprint density at radius 3 is 1.80 bits per heavy atom. The standard InChI is InChI=1S/C39H56O8SSi2/c1-15-44-37(40)28(3)18-21-34-33(22-23-35(36(34)43-10)45-48(41,42)32-19-16-27(2)17-20-32)29-24-30(46-49(11,12)38(4,5)6)26-31(25-29)47-50(13,14)39(7,8)9/h16-20,22-26H,15,21H2,1-14H3/b28-18+. The Hall–Kier alpha value is -3.55. The number of aryl methyl sites for hydroxylation is 1. The zero-order valence-electron chi connectivity index (χ0n) is 32.4. The molecule has 50 heavy (non-hydrogen) atoms. The van der Waals surface area contributed by atoms with Gasteiger partial charge in [0.2, 0.25) is 16.6 Å². The van der Waals surface area contributed by atoms with Crippen LogP contribution in [0.4, 0.5) is 0 Å². The van der Waals surface area contributed by atoms with E-state index in [1.54, 1.807) is 38.1 Å². The van der Waals surface area contributed by atoms with Gasteiger partial charge in [0.15, 0.2) is 11.5 Å². The molecule has 0 aliphatic heterocycles. The van der Waals surface area contributed by atoms with Crippen molar-refractivity contribution in [2.24, 2.45) is 0 Å². The van der Waals surface area contributed by atoms with Crippen molar-refractivity contribution in [1.82, 2.24) is 0 Å². The van der Waals surface area contributed by atoms with Crippen LogP contribution in [-0.4, -0.2) is 44.7 Å². The third-order valence-electron chi connectivity index (χ3n) is 9.70. The Balaban J connectivity index is 2.32. The number of carbonyl (C=O) groups excluding carboxylic acids is 1. The largest absolute Gasteiger partial charge is 0.543 e. The Morgan fingerprint density at radius 2 is 1.34 bits per heavy atom. The minimum Gasteiger partial charge on any atom is -0.543 e. The molecule has 3 rings (SSSR count). The third-order valence-corrected chi connectivity index (χ3v) is 19.7. The van der Waals surface area contributed by atoms with Gasteiger partial charge < -0.3 is 22.5 Å². The van der Waals surface area contributed by atoms with Crippen LogP contribution in [0.1, 0.15) is 66.5 Å². The van der Waals surface area contributed by atoms with Crippen LogP contribution in [0.15, 0.2) is 71.1 Å². The number of rotatable bonds is 13. The van der Waals surface area contributed by atoms with E-state index in [1.807, 2.05) is 31.2 Å². The average Bonchev–Trinajstić information content (AvgIpc) is 2.98. The molecule has 0 heterocycles. The Bertz CT molecular complexity index is 1770. The molecule has 0 saturated heterocycles. The molecular formula is C39H56O8SSi2. The van der Waals surface area contributed by atoms with E-state index < -0.39 is 32.7 Å². The predicted octanol–water partition coefficient (Wildman–Crippen LogP) is 10.3. The van der Waals surface area contributed by atoms with E-state index in [0.717, 1.165) is 16.7 Å². The van der Waals surface area contributed by atoms with Crippen molar-refractivity contribution in [2.75, 3.05) is 13.7 Å². The fourth-order valence-electron chi connectivity index (χ4n) is 4.56. The molecular weight excluding hydrogens is 685 g/mol. The second-order valence-electron chi connectivity index (χ2n) is 15.7. The topological polar surface area (TPSA) is 97.4 Å². The van der Waals surface area contributed by atoms with Crippen molar-refractivity contribution in [2.45, 2.75) is 110 Å². The molecule has 3 aromatic carbocycles. The molecule has 0 aromatic heterocycles. The zero-order valence-corrected chi connectivity index (χ0v) is 35.2. The first-order chi connectivity index (χ1) is 22.9. The Kier molecular flexibility index (Phi) is 12.6. The Morgan fingerprint density at radius 1 is 0.820 bits per heavy atom. The van der Waals surface area contributed by atoms with Crippen LogP contribution >= 0.6 is 0 Å². The number of allylic oxidation sites excluding steroid dienone is 1. The summed E-state index contributed by atoms with van der Waals surface area (Å²) in [7, 11) is -7.24. The van der Waals surface area contributed by atoms with E-state index in [1.165, 1.54) is 19.2 Å². The van der Waals surface area contributed by atoms with Crippen LogP contribution in [-0.2, 0) is 26.1 Å². The first-order valence-corrected chi connectivity index (χ1v) is 24.2. The highest BCUT2D eigenvalue weighted by atomic mass is 32.2. The van der Waals surface area contributed by atoms with Gasteiger partial charge in [-0.25, -0.2) is 4.79 Å². The van der Waals surface area contributed by atoms with Gasteiger partial charge in [0.1, 0.15) is 16.4 Å². The molecule has 0 aliphatic carbocycles. The molecule has 0 radical (unpaired) electrons. The quantitative estimate of drug-likeness (QED) is 0.0739. The van der Waals surface area contributed by atoms with Crippen LogP contribution in [0.2, 0.25) is 36.3 Å². The molecule has 274 valence electrons. The summed E-state index contributed by atoms with van der Waals surface area (Å²) in [4.78, 5) is 12.6. The summed E-state index contributed by atoms with van der Waals surface area (Å²) in [6.45, 7) is 27.5. The number of hydrogen-bond donors (Lipinski definition) is 0. The van der Waals surface area contributed by atoms with E-state index in [0.29, 0.717) is 22.6 Å². The molecule has 0 N–H and O–H groups in total. The normalized spacial score (nSPS) is 13.1. The highest BCUT2D eigenvalue weighted by Gasteiger charge is 2.41. The van der Waals surface area contributed by atoms with E-state index in [9.17, 15) is 13.2 Å². The lowest BCUT2D eigenvalue weighted by atomic mass is 9.95. The van der Waals surface area contributed by atoms with Gasteiger partial charge in [-0.1, -0.05) is 71.4 Å². The van der Waals surface area contributed by atoms with Crippen LogP contribution in [0.5, 0.6) is 23.0 Å². The summed E-state index contributed by atoms with van der Waals surface area (Å²) >= 11 is 0. The number of carbonyl (C=O) groups is 1. The van der Waals surface area contributed by atoms with Crippen molar-refractivity contribution < 1.29 is 35.7 Å². The highest BCUT2D eigenvalue weighted by molar-refractivity contribution is 7.87. The van der Waals surface area contributed by atoms with E-state index in [4.69, 9.17) is 22.5 Å². The zero-order chi connectivity index (χ0) is 37.9. The van der Waals surface area contributed by atoms with Gasteiger partial charge >= 0.3 is 16.1 Å². The fourth-order valence-corrected chi connectivity index (χ4v) is 7.52. The van der Waals surface area contributed by atoms with Gasteiger partial charge in [-0.3, -0.25) is 0 Å². The van der Waals surface area contributed by atoms with Crippen LogP contribution in [0.3, 0.4) is 0 Å². The van der Waals surface area contributed by atoms with Crippen molar-refractivity contribution in [3.8, 4) is 34.1 Å². The maximum Gasteiger partial charge on any atom is 0.339 e. The van der Waals surface area contributed by atoms with Gasteiger partial charge in [0, 0.05) is 17.2 Å². The second kappa shape index (κ2) is 15.4. The smallest absolute Gasteiger partial charge is 0.339 e. The first-order valence-electron chi connectivity index (χ1n) is 17.0. The van der Waals surface area contributed by atoms with Crippen molar-refractivity contribution in [1.29, 1.82) is 0 Å². The van der Waals surface area contributed by atoms with Crippen molar-refractivity contribution in [3.63, 3.8) is 0 Å². The molecule has 0 saturated carbocycles. The van der Waals surface area contributed by atoms with Crippen LogP contribution in [0.25, 0.3) is 11.1 Å². The third kappa shape index (κ3) is 9.82. The summed E-state index contributed by atoms with van der Waals surface area (Å²) in [5.41, 5.74) is 3.49. The molecule has 11 heteroatoms. The maximum absolute atomic E-state index is 13.4. The van der Waals surface area contributed by atoms with Gasteiger partial charge in [0.25, 0.3) is 0 Å².